The second-order valence-electron chi connectivity index (χ2n) is 5.87. The lowest BCUT2D eigenvalue weighted by Gasteiger charge is -2.07. The molecule has 0 saturated heterocycles. The van der Waals surface area contributed by atoms with Gasteiger partial charge in [-0.15, -0.1) is 0 Å². The van der Waals surface area contributed by atoms with Crippen molar-refractivity contribution in [1.29, 1.82) is 0 Å². The number of ketones is 1. The molecule has 4 heteroatoms. The summed E-state index contributed by atoms with van der Waals surface area (Å²) < 4.78 is 5.87. The van der Waals surface area contributed by atoms with Gasteiger partial charge in [0.25, 0.3) is 0 Å². The van der Waals surface area contributed by atoms with Crippen LogP contribution in [-0.2, 0) is 0 Å². The molecule has 0 bridgehead atoms. The molecule has 0 unspecified atom stereocenters. The van der Waals surface area contributed by atoms with Gasteiger partial charge in [0.15, 0.2) is 11.4 Å². The summed E-state index contributed by atoms with van der Waals surface area (Å²) in [5, 5.41) is 0.597. The van der Waals surface area contributed by atoms with E-state index in [1.165, 1.54) is 0 Å². The Morgan fingerprint density at radius 3 is 2.52 bits per heavy atom. The number of carbonyl (C=O) groups is 1. The van der Waals surface area contributed by atoms with Crippen LogP contribution >= 0.6 is 11.6 Å². The molecule has 4 aromatic rings. The zero-order valence-corrected chi connectivity index (χ0v) is 14.2. The van der Waals surface area contributed by atoms with Crippen LogP contribution in [0.3, 0.4) is 0 Å². The fourth-order valence-corrected chi connectivity index (χ4v) is 2.90. The summed E-state index contributed by atoms with van der Waals surface area (Å²) in [6, 6.07) is 20.1. The molecular formula is C21H14ClNO2. The molecule has 25 heavy (non-hydrogen) atoms. The molecular weight excluding hydrogens is 334 g/mol. The van der Waals surface area contributed by atoms with Crippen molar-refractivity contribution >= 4 is 28.5 Å². The standard InChI is InChI=1S/C21H14ClNO2/c1-13-6-11-16(20(24)14-7-9-15(22)10-8-14)17(12-13)21-23-18-4-2-3-5-19(18)25-21/h2-12H,1H3. The first kappa shape index (κ1) is 15.6. The van der Waals surface area contributed by atoms with Gasteiger partial charge >= 0.3 is 0 Å². The Morgan fingerprint density at radius 1 is 1.00 bits per heavy atom. The maximum absolute atomic E-state index is 13.0. The van der Waals surface area contributed by atoms with E-state index >= 15 is 0 Å². The smallest absolute Gasteiger partial charge is 0.228 e. The van der Waals surface area contributed by atoms with Gasteiger partial charge in [-0.1, -0.05) is 35.4 Å². The molecule has 1 heterocycles. The molecule has 0 aliphatic heterocycles. The van der Waals surface area contributed by atoms with Gasteiger partial charge in [-0.25, -0.2) is 4.98 Å². The summed E-state index contributed by atoms with van der Waals surface area (Å²) in [7, 11) is 0. The molecule has 0 radical (unpaired) electrons. The zero-order valence-electron chi connectivity index (χ0n) is 13.5. The van der Waals surface area contributed by atoms with Gasteiger partial charge < -0.3 is 4.42 Å². The molecule has 122 valence electrons. The van der Waals surface area contributed by atoms with E-state index in [0.717, 1.165) is 11.1 Å². The van der Waals surface area contributed by atoms with E-state index in [1.807, 2.05) is 49.4 Å². The van der Waals surface area contributed by atoms with E-state index in [9.17, 15) is 4.79 Å². The Balaban J connectivity index is 1.86. The number of hydrogen-bond acceptors (Lipinski definition) is 3. The third-order valence-electron chi connectivity index (χ3n) is 4.05. The number of benzene rings is 3. The first-order chi connectivity index (χ1) is 12.1. The number of aryl methyl sites for hydroxylation is 1. The third kappa shape index (κ3) is 2.94. The number of fused-ring (bicyclic) bond motifs is 1. The van der Waals surface area contributed by atoms with Crippen LogP contribution in [0.5, 0.6) is 0 Å². The highest BCUT2D eigenvalue weighted by Gasteiger charge is 2.18. The van der Waals surface area contributed by atoms with E-state index in [-0.39, 0.29) is 5.78 Å². The number of nitrogens with zero attached hydrogens (tertiary/aromatic N) is 1. The van der Waals surface area contributed by atoms with Gasteiger partial charge in [0.1, 0.15) is 5.52 Å². The van der Waals surface area contributed by atoms with Gasteiger partial charge in [0.2, 0.25) is 5.89 Å². The van der Waals surface area contributed by atoms with E-state index in [0.29, 0.717) is 33.2 Å². The quantitative estimate of drug-likeness (QED) is 0.447. The van der Waals surface area contributed by atoms with Crippen LogP contribution in [0, 0.1) is 6.92 Å². The van der Waals surface area contributed by atoms with Crippen LogP contribution in [0.25, 0.3) is 22.6 Å². The number of para-hydroxylation sites is 2. The number of oxazole rings is 1. The van der Waals surface area contributed by atoms with Crippen molar-refractivity contribution in [2.45, 2.75) is 6.92 Å². The number of carbonyl (C=O) groups excluding carboxylic acids is 1. The highest BCUT2D eigenvalue weighted by molar-refractivity contribution is 6.30. The monoisotopic (exact) mass is 347 g/mol. The minimum absolute atomic E-state index is 0.0890. The predicted octanol–water partition coefficient (Wildman–Crippen LogP) is 5.69. The summed E-state index contributed by atoms with van der Waals surface area (Å²) in [6.45, 7) is 1.97. The van der Waals surface area contributed by atoms with Crippen LogP contribution in [0.15, 0.2) is 71.1 Å². The normalized spacial score (nSPS) is 11.0. The molecule has 0 atom stereocenters. The Kier molecular flexibility index (Phi) is 3.86. The van der Waals surface area contributed by atoms with E-state index < -0.39 is 0 Å². The topological polar surface area (TPSA) is 43.1 Å². The lowest BCUT2D eigenvalue weighted by atomic mass is 9.96. The van der Waals surface area contributed by atoms with Crippen LogP contribution in [0.4, 0.5) is 0 Å². The highest BCUT2D eigenvalue weighted by atomic mass is 35.5. The second kappa shape index (κ2) is 6.19. The van der Waals surface area contributed by atoms with Gasteiger partial charge in [-0.05, 0) is 55.5 Å². The molecule has 3 aromatic carbocycles. The second-order valence-corrected chi connectivity index (χ2v) is 6.31. The molecule has 0 aliphatic carbocycles. The van der Waals surface area contributed by atoms with Crippen molar-refractivity contribution in [1.82, 2.24) is 4.98 Å². The van der Waals surface area contributed by atoms with Crippen molar-refractivity contribution in [3.63, 3.8) is 0 Å². The number of hydrogen-bond donors (Lipinski definition) is 0. The lowest BCUT2D eigenvalue weighted by molar-refractivity contribution is 0.103. The Morgan fingerprint density at radius 2 is 1.76 bits per heavy atom. The Bertz CT molecular complexity index is 1050. The summed E-state index contributed by atoms with van der Waals surface area (Å²) in [6.07, 6.45) is 0. The molecule has 1 aromatic heterocycles. The Labute approximate surface area is 149 Å². The molecule has 0 aliphatic rings. The van der Waals surface area contributed by atoms with Gasteiger partial charge in [0, 0.05) is 21.7 Å². The van der Waals surface area contributed by atoms with Gasteiger partial charge in [0.05, 0.1) is 0 Å². The number of aromatic nitrogens is 1. The highest BCUT2D eigenvalue weighted by Crippen LogP contribution is 2.29. The Hall–Kier alpha value is -2.91. The average Bonchev–Trinajstić information content (AvgIpc) is 3.06. The minimum atomic E-state index is -0.0890. The lowest BCUT2D eigenvalue weighted by Crippen LogP contribution is -2.04. The van der Waals surface area contributed by atoms with Crippen molar-refractivity contribution in [2.24, 2.45) is 0 Å². The van der Waals surface area contributed by atoms with Crippen molar-refractivity contribution in [3.05, 3.63) is 88.4 Å². The maximum Gasteiger partial charge on any atom is 0.228 e. The molecule has 0 N–H and O–H groups in total. The first-order valence-electron chi connectivity index (χ1n) is 7.89. The first-order valence-corrected chi connectivity index (χ1v) is 8.26. The third-order valence-corrected chi connectivity index (χ3v) is 4.30. The molecule has 0 spiro atoms. The molecule has 0 saturated carbocycles. The van der Waals surface area contributed by atoms with Gasteiger partial charge in [-0.3, -0.25) is 4.79 Å². The minimum Gasteiger partial charge on any atom is -0.436 e. The van der Waals surface area contributed by atoms with Crippen LogP contribution in [0.2, 0.25) is 5.02 Å². The van der Waals surface area contributed by atoms with Crippen LogP contribution < -0.4 is 0 Å². The summed E-state index contributed by atoms with van der Waals surface area (Å²) in [4.78, 5) is 17.5. The molecule has 0 fully saturated rings. The summed E-state index contributed by atoms with van der Waals surface area (Å²) in [5.41, 5.74) is 4.32. The molecule has 4 rings (SSSR count). The van der Waals surface area contributed by atoms with E-state index in [4.69, 9.17) is 16.0 Å². The fraction of sp³-hybridized carbons (Fsp3) is 0.0476. The van der Waals surface area contributed by atoms with Crippen LogP contribution in [0.1, 0.15) is 21.5 Å². The number of rotatable bonds is 3. The van der Waals surface area contributed by atoms with E-state index in [1.54, 1.807) is 24.3 Å². The van der Waals surface area contributed by atoms with Crippen molar-refractivity contribution in [3.8, 4) is 11.5 Å². The van der Waals surface area contributed by atoms with E-state index in [2.05, 4.69) is 4.98 Å². The van der Waals surface area contributed by atoms with Crippen molar-refractivity contribution < 1.29 is 9.21 Å². The summed E-state index contributed by atoms with van der Waals surface area (Å²) in [5.74, 6) is 0.358. The maximum atomic E-state index is 13.0. The average molecular weight is 348 g/mol. The SMILES string of the molecule is Cc1ccc(C(=O)c2ccc(Cl)cc2)c(-c2nc3ccccc3o2)c1. The predicted molar refractivity (Wildman–Crippen MR) is 99.1 cm³/mol. The summed E-state index contributed by atoms with van der Waals surface area (Å²) >= 11 is 5.92. The van der Waals surface area contributed by atoms with Crippen LogP contribution in [-0.4, -0.2) is 10.8 Å². The zero-order chi connectivity index (χ0) is 17.4. The largest absolute Gasteiger partial charge is 0.436 e. The van der Waals surface area contributed by atoms with Crippen molar-refractivity contribution in [2.75, 3.05) is 0 Å². The fourth-order valence-electron chi connectivity index (χ4n) is 2.78. The molecule has 0 amide bonds. The number of halogens is 1. The van der Waals surface area contributed by atoms with Gasteiger partial charge in [-0.2, -0.15) is 0 Å². The molecule has 3 nitrogen and oxygen atoms in total.